The number of hydrogen-bond donors (Lipinski definition) is 2. The summed E-state index contributed by atoms with van der Waals surface area (Å²) in [5, 5.41) is 0. The molecule has 0 unspecified atom stereocenters. The lowest BCUT2D eigenvalue weighted by molar-refractivity contribution is 0.131. The molecule has 0 radical (unpaired) electrons. The Morgan fingerprint density at radius 3 is 2.67 bits per heavy atom. The summed E-state index contributed by atoms with van der Waals surface area (Å²) in [6.45, 7) is 8.67. The summed E-state index contributed by atoms with van der Waals surface area (Å²) in [6.07, 6.45) is 2.64. The van der Waals surface area contributed by atoms with Crippen molar-refractivity contribution in [2.45, 2.75) is 39.0 Å². The highest BCUT2D eigenvalue weighted by atomic mass is 16.5. The zero-order valence-corrected chi connectivity index (χ0v) is 13.5. The maximum Gasteiger partial charge on any atom is 0.145 e. The highest BCUT2D eigenvalue weighted by molar-refractivity contribution is 5.49. The fraction of sp³-hybridized carbons (Fsp3) is 0.733. The standard InChI is InChI=1S/C15H27N5O/c1-15(2,3)14-17-12(19-16)9-13(18-14)20(4)7-8-21-10-11-5-6-11/h9,11H,5-8,10,16H2,1-4H3,(H,17,18,19). The molecule has 1 aromatic rings. The number of hydrogen-bond acceptors (Lipinski definition) is 6. The molecule has 1 fully saturated rings. The van der Waals surface area contributed by atoms with Crippen LogP contribution >= 0.6 is 0 Å². The smallest absolute Gasteiger partial charge is 0.145 e. The van der Waals surface area contributed by atoms with Crippen LogP contribution in [0, 0.1) is 5.92 Å². The number of nitrogen functional groups attached to an aromatic ring is 1. The van der Waals surface area contributed by atoms with Crippen molar-refractivity contribution in [2.24, 2.45) is 11.8 Å². The molecule has 6 nitrogen and oxygen atoms in total. The molecule has 1 heterocycles. The van der Waals surface area contributed by atoms with Gasteiger partial charge in [0.15, 0.2) is 0 Å². The van der Waals surface area contributed by atoms with Crippen LogP contribution in [0.4, 0.5) is 11.6 Å². The molecule has 118 valence electrons. The number of nitrogens with zero attached hydrogens (tertiary/aromatic N) is 3. The number of nitrogens with two attached hydrogens (primary N) is 1. The van der Waals surface area contributed by atoms with Gasteiger partial charge < -0.3 is 15.1 Å². The minimum Gasteiger partial charge on any atom is -0.379 e. The van der Waals surface area contributed by atoms with Gasteiger partial charge in [0.05, 0.1) is 6.61 Å². The summed E-state index contributed by atoms with van der Waals surface area (Å²) in [5.74, 6) is 8.58. The molecule has 0 amide bonds. The molecule has 1 aliphatic carbocycles. The Labute approximate surface area is 127 Å². The van der Waals surface area contributed by atoms with Gasteiger partial charge in [-0.3, -0.25) is 0 Å². The molecule has 1 saturated carbocycles. The van der Waals surface area contributed by atoms with Gasteiger partial charge in [0, 0.05) is 31.7 Å². The van der Waals surface area contributed by atoms with E-state index in [0.717, 1.165) is 30.7 Å². The van der Waals surface area contributed by atoms with Crippen molar-refractivity contribution in [2.75, 3.05) is 37.1 Å². The monoisotopic (exact) mass is 293 g/mol. The van der Waals surface area contributed by atoms with Gasteiger partial charge in [0.2, 0.25) is 0 Å². The Balaban J connectivity index is 1.98. The molecule has 2 rings (SSSR count). The van der Waals surface area contributed by atoms with Gasteiger partial charge in [-0.15, -0.1) is 0 Å². The quantitative estimate of drug-likeness (QED) is 0.454. The average Bonchev–Trinajstić information content (AvgIpc) is 3.26. The molecule has 1 aromatic heterocycles. The average molecular weight is 293 g/mol. The van der Waals surface area contributed by atoms with E-state index in [2.05, 4.69) is 41.1 Å². The van der Waals surface area contributed by atoms with E-state index in [9.17, 15) is 0 Å². The fourth-order valence-electron chi connectivity index (χ4n) is 1.89. The summed E-state index contributed by atoms with van der Waals surface area (Å²) in [7, 11) is 2.01. The third-order valence-corrected chi connectivity index (χ3v) is 3.54. The Morgan fingerprint density at radius 2 is 2.10 bits per heavy atom. The number of hydrazine groups is 1. The van der Waals surface area contributed by atoms with Crippen LogP contribution in [0.3, 0.4) is 0 Å². The van der Waals surface area contributed by atoms with Gasteiger partial charge in [-0.05, 0) is 18.8 Å². The van der Waals surface area contributed by atoms with Crippen molar-refractivity contribution in [1.82, 2.24) is 9.97 Å². The minimum atomic E-state index is -0.120. The second-order valence-electron chi connectivity index (χ2n) is 6.77. The van der Waals surface area contributed by atoms with Crippen molar-refractivity contribution < 1.29 is 4.74 Å². The maximum atomic E-state index is 5.68. The van der Waals surface area contributed by atoms with Crippen LogP contribution in [0.15, 0.2) is 6.07 Å². The van der Waals surface area contributed by atoms with E-state index in [-0.39, 0.29) is 5.41 Å². The molecule has 21 heavy (non-hydrogen) atoms. The van der Waals surface area contributed by atoms with E-state index in [1.54, 1.807) is 0 Å². The Bertz CT molecular complexity index is 468. The summed E-state index contributed by atoms with van der Waals surface area (Å²) in [4.78, 5) is 11.1. The van der Waals surface area contributed by atoms with E-state index in [1.165, 1.54) is 12.8 Å². The zero-order valence-electron chi connectivity index (χ0n) is 13.5. The molecule has 0 aromatic carbocycles. The van der Waals surface area contributed by atoms with Crippen molar-refractivity contribution in [3.63, 3.8) is 0 Å². The fourth-order valence-corrected chi connectivity index (χ4v) is 1.89. The van der Waals surface area contributed by atoms with Crippen LogP contribution in [0.1, 0.15) is 39.4 Å². The first kappa shape index (κ1) is 16.0. The molecular weight excluding hydrogens is 266 g/mol. The van der Waals surface area contributed by atoms with E-state index < -0.39 is 0 Å². The molecule has 0 atom stereocenters. The number of anilines is 2. The highest BCUT2D eigenvalue weighted by Gasteiger charge is 2.22. The third kappa shape index (κ3) is 4.82. The normalized spacial score (nSPS) is 15.1. The lowest BCUT2D eigenvalue weighted by Crippen LogP contribution is -2.27. The van der Waals surface area contributed by atoms with E-state index in [4.69, 9.17) is 10.6 Å². The summed E-state index contributed by atoms with van der Waals surface area (Å²) in [5.41, 5.74) is 2.50. The molecule has 0 saturated heterocycles. The molecular formula is C15H27N5O. The van der Waals surface area contributed by atoms with E-state index in [1.807, 2.05) is 13.1 Å². The second kappa shape index (κ2) is 6.58. The predicted octanol–water partition coefficient (Wildman–Crippen LogP) is 1.92. The van der Waals surface area contributed by atoms with E-state index in [0.29, 0.717) is 12.4 Å². The summed E-state index contributed by atoms with van der Waals surface area (Å²) in [6, 6.07) is 1.86. The SMILES string of the molecule is CN(CCOCC1CC1)c1cc(NN)nc(C(C)(C)C)n1. The van der Waals surface area contributed by atoms with Gasteiger partial charge in [-0.25, -0.2) is 15.8 Å². The van der Waals surface area contributed by atoms with Crippen LogP contribution in [-0.2, 0) is 10.2 Å². The van der Waals surface area contributed by atoms with Crippen molar-refractivity contribution in [3.05, 3.63) is 11.9 Å². The Hall–Kier alpha value is -1.40. The lowest BCUT2D eigenvalue weighted by Gasteiger charge is -2.23. The molecule has 3 N–H and O–H groups in total. The van der Waals surface area contributed by atoms with Gasteiger partial charge in [-0.1, -0.05) is 20.8 Å². The van der Waals surface area contributed by atoms with Gasteiger partial charge >= 0.3 is 0 Å². The molecule has 1 aliphatic rings. The topological polar surface area (TPSA) is 76.3 Å². The molecule has 0 aliphatic heterocycles. The Kier molecular flexibility index (Phi) is 5.00. The van der Waals surface area contributed by atoms with Crippen molar-refractivity contribution in [3.8, 4) is 0 Å². The van der Waals surface area contributed by atoms with Crippen LogP contribution in [0.25, 0.3) is 0 Å². The highest BCUT2D eigenvalue weighted by Crippen LogP contribution is 2.28. The largest absolute Gasteiger partial charge is 0.379 e. The number of likely N-dealkylation sites (N-methyl/N-ethyl adjacent to an activating group) is 1. The van der Waals surface area contributed by atoms with Crippen LogP contribution in [-0.4, -0.2) is 36.8 Å². The van der Waals surface area contributed by atoms with Crippen molar-refractivity contribution >= 4 is 11.6 Å². The van der Waals surface area contributed by atoms with Crippen molar-refractivity contribution in [1.29, 1.82) is 0 Å². The maximum absolute atomic E-state index is 5.68. The first-order chi connectivity index (χ1) is 9.90. The van der Waals surface area contributed by atoms with Gasteiger partial charge in [0.1, 0.15) is 17.5 Å². The first-order valence-electron chi connectivity index (χ1n) is 7.55. The van der Waals surface area contributed by atoms with Gasteiger partial charge in [-0.2, -0.15) is 0 Å². The number of rotatable bonds is 7. The second-order valence-corrected chi connectivity index (χ2v) is 6.77. The number of ether oxygens (including phenoxy) is 1. The van der Waals surface area contributed by atoms with Crippen LogP contribution in [0.2, 0.25) is 0 Å². The van der Waals surface area contributed by atoms with Crippen LogP contribution in [0.5, 0.6) is 0 Å². The third-order valence-electron chi connectivity index (χ3n) is 3.54. The first-order valence-corrected chi connectivity index (χ1v) is 7.55. The molecule has 0 bridgehead atoms. The van der Waals surface area contributed by atoms with Gasteiger partial charge in [0.25, 0.3) is 0 Å². The Morgan fingerprint density at radius 1 is 1.38 bits per heavy atom. The summed E-state index contributed by atoms with van der Waals surface area (Å²) < 4.78 is 5.68. The summed E-state index contributed by atoms with van der Waals surface area (Å²) >= 11 is 0. The zero-order chi connectivity index (χ0) is 15.5. The van der Waals surface area contributed by atoms with Crippen LogP contribution < -0.4 is 16.2 Å². The number of nitrogens with one attached hydrogen (secondary N) is 1. The number of aromatic nitrogens is 2. The predicted molar refractivity (Wildman–Crippen MR) is 85.4 cm³/mol. The minimum absolute atomic E-state index is 0.120. The lowest BCUT2D eigenvalue weighted by atomic mass is 9.96. The van der Waals surface area contributed by atoms with E-state index >= 15 is 0 Å². The molecule has 6 heteroatoms. The molecule has 0 spiro atoms.